The fourth-order valence-electron chi connectivity index (χ4n) is 1.09. The SMILES string of the molecule is C#CCNC(=O)c1cc([N+](=O)[O-])cnc1SC. The molecule has 0 saturated heterocycles. The van der Waals surface area contributed by atoms with Crippen molar-refractivity contribution in [2.45, 2.75) is 5.03 Å². The van der Waals surface area contributed by atoms with Gasteiger partial charge in [-0.25, -0.2) is 4.98 Å². The second-order valence-corrected chi connectivity index (χ2v) is 3.69. The summed E-state index contributed by atoms with van der Waals surface area (Å²) in [4.78, 5) is 25.5. The molecule has 0 aliphatic rings. The van der Waals surface area contributed by atoms with Crippen molar-refractivity contribution in [2.24, 2.45) is 0 Å². The number of carbonyl (C=O) groups is 1. The highest BCUT2D eigenvalue weighted by atomic mass is 32.2. The molecule has 0 saturated carbocycles. The standard InChI is InChI=1S/C10H9N3O3S/c1-3-4-11-9(14)8-5-7(13(15)16)6-12-10(8)17-2/h1,5-6H,4H2,2H3,(H,11,14). The Balaban J connectivity index is 3.10. The summed E-state index contributed by atoms with van der Waals surface area (Å²) in [5, 5.41) is 13.4. The van der Waals surface area contributed by atoms with Crippen LogP contribution in [0, 0.1) is 22.5 Å². The van der Waals surface area contributed by atoms with Gasteiger partial charge in [-0.3, -0.25) is 14.9 Å². The predicted molar refractivity (Wildman–Crippen MR) is 63.8 cm³/mol. The van der Waals surface area contributed by atoms with Crippen molar-refractivity contribution < 1.29 is 9.72 Å². The molecule has 0 spiro atoms. The van der Waals surface area contributed by atoms with Crippen LogP contribution in [0.3, 0.4) is 0 Å². The van der Waals surface area contributed by atoms with E-state index in [0.29, 0.717) is 5.03 Å². The third-order valence-corrected chi connectivity index (χ3v) is 2.55. The van der Waals surface area contributed by atoms with Gasteiger partial charge in [0.15, 0.2) is 0 Å². The molecule has 6 nitrogen and oxygen atoms in total. The van der Waals surface area contributed by atoms with E-state index in [-0.39, 0.29) is 17.8 Å². The van der Waals surface area contributed by atoms with Crippen molar-refractivity contribution in [3.8, 4) is 12.3 Å². The van der Waals surface area contributed by atoms with Crippen LogP contribution in [0.2, 0.25) is 0 Å². The number of nitrogens with one attached hydrogen (secondary N) is 1. The van der Waals surface area contributed by atoms with Crippen LogP contribution in [0.15, 0.2) is 17.3 Å². The normalized spacial score (nSPS) is 9.41. The summed E-state index contributed by atoms with van der Waals surface area (Å²) in [6.45, 7) is 0.0648. The average molecular weight is 251 g/mol. The summed E-state index contributed by atoms with van der Waals surface area (Å²) in [6, 6.07) is 1.19. The van der Waals surface area contributed by atoms with Crippen LogP contribution in [-0.2, 0) is 0 Å². The van der Waals surface area contributed by atoms with Crippen molar-refractivity contribution in [3.05, 3.63) is 27.9 Å². The Morgan fingerprint density at radius 2 is 2.47 bits per heavy atom. The number of thioether (sulfide) groups is 1. The Morgan fingerprint density at radius 3 is 3.00 bits per heavy atom. The third kappa shape index (κ3) is 3.19. The number of hydrogen-bond acceptors (Lipinski definition) is 5. The molecule has 0 aliphatic heterocycles. The largest absolute Gasteiger partial charge is 0.341 e. The van der Waals surface area contributed by atoms with Crippen LogP contribution in [0.1, 0.15) is 10.4 Å². The lowest BCUT2D eigenvalue weighted by atomic mass is 10.2. The van der Waals surface area contributed by atoms with Crippen LogP contribution in [0.5, 0.6) is 0 Å². The highest BCUT2D eigenvalue weighted by molar-refractivity contribution is 7.98. The first kappa shape index (κ1) is 13.0. The Hall–Kier alpha value is -2.07. The summed E-state index contributed by atoms with van der Waals surface area (Å²) in [5.74, 6) is 1.78. The fraction of sp³-hybridized carbons (Fsp3) is 0.200. The van der Waals surface area contributed by atoms with E-state index in [4.69, 9.17) is 6.42 Å². The maximum absolute atomic E-state index is 11.7. The molecular formula is C10H9N3O3S. The summed E-state index contributed by atoms with van der Waals surface area (Å²) >= 11 is 1.23. The quantitative estimate of drug-likeness (QED) is 0.374. The maximum atomic E-state index is 11.7. The zero-order chi connectivity index (χ0) is 12.8. The Kier molecular flexibility index (Phi) is 4.48. The molecule has 1 aromatic rings. The minimum Gasteiger partial charge on any atom is -0.341 e. The summed E-state index contributed by atoms with van der Waals surface area (Å²) in [7, 11) is 0. The molecular weight excluding hydrogens is 242 g/mol. The summed E-state index contributed by atoms with van der Waals surface area (Å²) < 4.78 is 0. The first-order valence-corrected chi connectivity index (χ1v) is 5.72. The number of nitro groups is 1. The van der Waals surface area contributed by atoms with E-state index in [1.807, 2.05) is 0 Å². The van der Waals surface area contributed by atoms with E-state index in [1.54, 1.807) is 6.26 Å². The van der Waals surface area contributed by atoms with Crippen LogP contribution >= 0.6 is 11.8 Å². The van der Waals surface area contributed by atoms with Gasteiger partial charge in [-0.2, -0.15) is 0 Å². The number of terminal acetylenes is 1. The summed E-state index contributed by atoms with van der Waals surface area (Å²) in [5.41, 5.74) is -0.0735. The number of pyridine rings is 1. The number of rotatable bonds is 4. The van der Waals surface area contributed by atoms with E-state index >= 15 is 0 Å². The van der Waals surface area contributed by atoms with Crippen LogP contribution in [0.4, 0.5) is 5.69 Å². The maximum Gasteiger partial charge on any atom is 0.288 e. The minimum absolute atomic E-state index is 0.0648. The molecule has 1 amide bonds. The lowest BCUT2D eigenvalue weighted by molar-refractivity contribution is -0.385. The van der Waals surface area contributed by atoms with Gasteiger partial charge in [0.2, 0.25) is 0 Å². The molecule has 0 bridgehead atoms. The topological polar surface area (TPSA) is 85.1 Å². The van der Waals surface area contributed by atoms with E-state index in [1.165, 1.54) is 17.8 Å². The van der Waals surface area contributed by atoms with Gasteiger partial charge in [0.25, 0.3) is 11.6 Å². The second-order valence-electron chi connectivity index (χ2n) is 2.89. The molecule has 0 unspecified atom stereocenters. The summed E-state index contributed by atoms with van der Waals surface area (Å²) in [6.07, 6.45) is 7.85. The monoisotopic (exact) mass is 251 g/mol. The van der Waals surface area contributed by atoms with Crippen molar-refractivity contribution in [3.63, 3.8) is 0 Å². The molecule has 0 fully saturated rings. The highest BCUT2D eigenvalue weighted by Gasteiger charge is 2.17. The number of carbonyl (C=O) groups excluding carboxylic acids is 1. The van der Waals surface area contributed by atoms with E-state index in [2.05, 4.69) is 16.2 Å². The van der Waals surface area contributed by atoms with Gasteiger partial charge in [-0.05, 0) is 6.26 Å². The smallest absolute Gasteiger partial charge is 0.288 e. The Bertz CT molecular complexity index is 496. The van der Waals surface area contributed by atoms with Gasteiger partial charge in [0.05, 0.1) is 17.0 Å². The molecule has 0 aliphatic carbocycles. The van der Waals surface area contributed by atoms with E-state index in [9.17, 15) is 14.9 Å². The Labute approximate surface area is 102 Å². The van der Waals surface area contributed by atoms with Gasteiger partial charge in [0, 0.05) is 6.07 Å². The molecule has 1 N–H and O–H groups in total. The molecule has 17 heavy (non-hydrogen) atoms. The van der Waals surface area contributed by atoms with Crippen molar-refractivity contribution in [2.75, 3.05) is 12.8 Å². The van der Waals surface area contributed by atoms with Crippen LogP contribution in [-0.4, -0.2) is 28.6 Å². The van der Waals surface area contributed by atoms with Crippen molar-refractivity contribution >= 4 is 23.4 Å². The predicted octanol–water partition coefficient (Wildman–Crippen LogP) is 1.07. The molecule has 0 atom stereocenters. The molecule has 1 aromatic heterocycles. The molecule has 1 heterocycles. The zero-order valence-corrected chi connectivity index (χ0v) is 9.78. The molecule has 88 valence electrons. The average Bonchev–Trinajstić information content (AvgIpc) is 2.34. The minimum atomic E-state index is -0.602. The zero-order valence-electron chi connectivity index (χ0n) is 8.97. The van der Waals surface area contributed by atoms with E-state index < -0.39 is 10.8 Å². The number of nitrogens with zero attached hydrogens (tertiary/aromatic N) is 2. The first-order valence-electron chi connectivity index (χ1n) is 4.50. The molecule has 0 radical (unpaired) electrons. The Morgan fingerprint density at radius 1 is 1.76 bits per heavy atom. The van der Waals surface area contributed by atoms with Crippen LogP contribution in [0.25, 0.3) is 0 Å². The molecule has 1 rings (SSSR count). The fourth-order valence-corrected chi connectivity index (χ4v) is 1.62. The van der Waals surface area contributed by atoms with Gasteiger partial charge in [-0.15, -0.1) is 18.2 Å². The highest BCUT2D eigenvalue weighted by Crippen LogP contribution is 2.21. The number of hydrogen-bond donors (Lipinski definition) is 1. The molecule has 7 heteroatoms. The van der Waals surface area contributed by atoms with Gasteiger partial charge in [-0.1, -0.05) is 5.92 Å². The number of amides is 1. The van der Waals surface area contributed by atoms with E-state index in [0.717, 1.165) is 6.20 Å². The van der Waals surface area contributed by atoms with Gasteiger partial charge in [0.1, 0.15) is 11.2 Å². The molecule has 0 aromatic carbocycles. The van der Waals surface area contributed by atoms with Crippen LogP contribution < -0.4 is 5.32 Å². The lowest BCUT2D eigenvalue weighted by Crippen LogP contribution is -2.24. The number of aromatic nitrogens is 1. The van der Waals surface area contributed by atoms with Gasteiger partial charge >= 0.3 is 0 Å². The van der Waals surface area contributed by atoms with Gasteiger partial charge < -0.3 is 5.32 Å². The second kappa shape index (κ2) is 5.86. The van der Waals surface area contributed by atoms with Crippen molar-refractivity contribution in [1.29, 1.82) is 0 Å². The van der Waals surface area contributed by atoms with Crippen molar-refractivity contribution in [1.82, 2.24) is 10.3 Å². The third-order valence-electron chi connectivity index (χ3n) is 1.84. The lowest BCUT2D eigenvalue weighted by Gasteiger charge is -2.05. The first-order chi connectivity index (χ1) is 8.10.